The molecule has 0 aromatic heterocycles. The number of rotatable bonds is 8. The van der Waals surface area contributed by atoms with Crippen LogP contribution in [0, 0.1) is 0 Å². The van der Waals surface area contributed by atoms with Crippen molar-refractivity contribution in [1.82, 2.24) is 0 Å². The molecule has 14 heavy (non-hydrogen) atoms. The van der Waals surface area contributed by atoms with Crippen LogP contribution in [0.2, 0.25) is 0 Å². The van der Waals surface area contributed by atoms with E-state index in [1.54, 1.807) is 0 Å². The summed E-state index contributed by atoms with van der Waals surface area (Å²) < 4.78 is 19.2. The van der Waals surface area contributed by atoms with Crippen LogP contribution in [-0.2, 0) is 18.9 Å². The summed E-state index contributed by atoms with van der Waals surface area (Å²) in [6.07, 6.45) is 0.321. The topological polar surface area (TPSA) is 54.0 Å². The molecule has 0 unspecified atom stereocenters. The Hall–Kier alpha value is -0.810. The molecule has 0 saturated carbocycles. The van der Waals surface area contributed by atoms with Crippen molar-refractivity contribution in [2.45, 2.75) is 13.3 Å². The molecule has 0 fully saturated rings. The van der Waals surface area contributed by atoms with Crippen molar-refractivity contribution in [2.75, 3.05) is 40.1 Å². The Morgan fingerprint density at radius 2 is 1.57 bits per heavy atom. The molecule has 0 N–H and O–H groups in total. The molecule has 0 aromatic rings. The molecule has 0 aliphatic heterocycles. The van der Waals surface area contributed by atoms with Gasteiger partial charge in [0.15, 0.2) is 0 Å². The van der Waals surface area contributed by atoms with E-state index in [4.69, 9.17) is 9.47 Å². The molecule has 0 aliphatic rings. The van der Waals surface area contributed by atoms with Gasteiger partial charge in [-0.3, -0.25) is 0 Å². The molecule has 0 saturated heterocycles. The summed E-state index contributed by atoms with van der Waals surface area (Å²) in [7, 11) is 1.27. The van der Waals surface area contributed by atoms with Gasteiger partial charge in [-0.05, 0) is 6.42 Å². The zero-order valence-electron chi connectivity index (χ0n) is 8.78. The van der Waals surface area contributed by atoms with Gasteiger partial charge >= 0.3 is 6.16 Å². The predicted octanol–water partition coefficient (Wildman–Crippen LogP) is 1.21. The first-order chi connectivity index (χ1) is 6.81. The van der Waals surface area contributed by atoms with Crippen LogP contribution in [-0.4, -0.2) is 46.3 Å². The molecule has 0 spiro atoms. The first kappa shape index (κ1) is 13.2. The molecule has 0 heterocycles. The molecule has 0 rings (SSSR count). The highest BCUT2D eigenvalue weighted by atomic mass is 16.7. The van der Waals surface area contributed by atoms with E-state index in [1.165, 1.54) is 7.11 Å². The van der Waals surface area contributed by atoms with Crippen molar-refractivity contribution in [3.8, 4) is 0 Å². The lowest BCUT2D eigenvalue weighted by atomic mass is 10.5. The van der Waals surface area contributed by atoms with E-state index in [2.05, 4.69) is 9.47 Å². The van der Waals surface area contributed by atoms with Crippen LogP contribution in [0.15, 0.2) is 0 Å². The predicted molar refractivity (Wildman–Crippen MR) is 50.3 cm³/mol. The third-order valence-corrected chi connectivity index (χ3v) is 1.33. The fourth-order valence-electron chi connectivity index (χ4n) is 0.709. The fourth-order valence-corrected chi connectivity index (χ4v) is 0.709. The Labute approximate surface area is 84.3 Å². The average Bonchev–Trinajstić information content (AvgIpc) is 2.21. The van der Waals surface area contributed by atoms with E-state index in [9.17, 15) is 4.79 Å². The monoisotopic (exact) mass is 206 g/mol. The summed E-state index contributed by atoms with van der Waals surface area (Å²) in [5.74, 6) is 0. The van der Waals surface area contributed by atoms with Gasteiger partial charge in [-0.15, -0.1) is 0 Å². The minimum atomic E-state index is -0.684. The molecule has 84 valence electrons. The Balaban J connectivity index is 2.95. The van der Waals surface area contributed by atoms with E-state index in [0.29, 0.717) is 19.8 Å². The van der Waals surface area contributed by atoms with Crippen LogP contribution in [0.3, 0.4) is 0 Å². The third kappa shape index (κ3) is 9.28. The SMILES string of the molecule is CCCOCCOCCOC(=O)OC. The zero-order valence-corrected chi connectivity index (χ0v) is 8.78. The van der Waals surface area contributed by atoms with Crippen LogP contribution < -0.4 is 0 Å². The minimum Gasteiger partial charge on any atom is -0.438 e. The maximum absolute atomic E-state index is 10.5. The van der Waals surface area contributed by atoms with Gasteiger partial charge in [-0.2, -0.15) is 0 Å². The van der Waals surface area contributed by atoms with Crippen LogP contribution >= 0.6 is 0 Å². The zero-order chi connectivity index (χ0) is 10.6. The van der Waals surface area contributed by atoms with E-state index < -0.39 is 6.16 Å². The Morgan fingerprint density at radius 1 is 1.00 bits per heavy atom. The largest absolute Gasteiger partial charge is 0.508 e. The smallest absolute Gasteiger partial charge is 0.438 e. The van der Waals surface area contributed by atoms with Crippen LogP contribution in [0.5, 0.6) is 0 Å². The molecular weight excluding hydrogens is 188 g/mol. The molecule has 0 aliphatic carbocycles. The van der Waals surface area contributed by atoms with E-state index in [-0.39, 0.29) is 6.61 Å². The molecule has 5 nitrogen and oxygen atoms in total. The van der Waals surface area contributed by atoms with Gasteiger partial charge in [0.05, 0.1) is 26.9 Å². The van der Waals surface area contributed by atoms with Crippen molar-refractivity contribution in [2.24, 2.45) is 0 Å². The van der Waals surface area contributed by atoms with Gasteiger partial charge in [0.1, 0.15) is 6.61 Å². The van der Waals surface area contributed by atoms with Crippen LogP contribution in [0.25, 0.3) is 0 Å². The summed E-state index contributed by atoms with van der Waals surface area (Å²) >= 11 is 0. The van der Waals surface area contributed by atoms with Crippen molar-refractivity contribution in [3.63, 3.8) is 0 Å². The van der Waals surface area contributed by atoms with E-state index in [1.807, 2.05) is 6.92 Å². The Kier molecular flexibility index (Phi) is 9.68. The quantitative estimate of drug-likeness (QED) is 0.441. The Morgan fingerprint density at radius 3 is 2.14 bits per heavy atom. The minimum absolute atomic E-state index is 0.209. The average molecular weight is 206 g/mol. The Bertz CT molecular complexity index is 137. The van der Waals surface area contributed by atoms with Gasteiger partial charge in [0.25, 0.3) is 0 Å². The maximum Gasteiger partial charge on any atom is 0.508 e. The lowest BCUT2D eigenvalue weighted by Crippen LogP contribution is -2.12. The number of hydrogen-bond acceptors (Lipinski definition) is 5. The highest BCUT2D eigenvalue weighted by Gasteiger charge is 1.98. The van der Waals surface area contributed by atoms with Gasteiger partial charge in [-0.25, -0.2) is 4.79 Å². The summed E-state index contributed by atoms with van der Waals surface area (Å²) in [6, 6.07) is 0. The van der Waals surface area contributed by atoms with Crippen molar-refractivity contribution >= 4 is 6.16 Å². The number of carbonyl (C=O) groups excluding carboxylic acids is 1. The molecule has 5 heteroatoms. The van der Waals surface area contributed by atoms with Gasteiger partial charge in [0.2, 0.25) is 0 Å². The molecule has 0 atom stereocenters. The summed E-state index contributed by atoms with van der Waals surface area (Å²) in [5.41, 5.74) is 0. The third-order valence-electron chi connectivity index (χ3n) is 1.33. The number of methoxy groups -OCH3 is 1. The van der Waals surface area contributed by atoms with Gasteiger partial charge in [-0.1, -0.05) is 6.92 Å². The molecule has 0 bridgehead atoms. The number of ether oxygens (including phenoxy) is 4. The second-order valence-corrected chi connectivity index (χ2v) is 2.53. The van der Waals surface area contributed by atoms with E-state index >= 15 is 0 Å². The van der Waals surface area contributed by atoms with E-state index in [0.717, 1.165) is 13.0 Å². The van der Waals surface area contributed by atoms with Gasteiger partial charge in [0, 0.05) is 6.61 Å². The van der Waals surface area contributed by atoms with Gasteiger partial charge < -0.3 is 18.9 Å². The first-order valence-electron chi connectivity index (χ1n) is 4.67. The second kappa shape index (κ2) is 10.3. The molecular formula is C9H18O5. The number of hydrogen-bond donors (Lipinski definition) is 0. The first-order valence-corrected chi connectivity index (χ1v) is 4.67. The van der Waals surface area contributed by atoms with Crippen molar-refractivity contribution in [1.29, 1.82) is 0 Å². The highest BCUT2D eigenvalue weighted by molar-refractivity contribution is 5.59. The normalized spacial score (nSPS) is 9.86. The lowest BCUT2D eigenvalue weighted by molar-refractivity contribution is 0.0145. The summed E-state index contributed by atoms with van der Waals surface area (Å²) in [6.45, 7) is 4.47. The van der Waals surface area contributed by atoms with Crippen LogP contribution in [0.1, 0.15) is 13.3 Å². The standard InChI is InChI=1S/C9H18O5/c1-3-4-12-5-6-13-7-8-14-9(10)11-2/h3-8H2,1-2H3. The van der Waals surface area contributed by atoms with Crippen LogP contribution in [0.4, 0.5) is 4.79 Å². The lowest BCUT2D eigenvalue weighted by Gasteiger charge is -2.05. The fraction of sp³-hybridized carbons (Fsp3) is 0.889. The molecule has 0 radical (unpaired) electrons. The second-order valence-electron chi connectivity index (χ2n) is 2.53. The molecule has 0 amide bonds. The van der Waals surface area contributed by atoms with Crippen molar-refractivity contribution < 1.29 is 23.7 Å². The highest BCUT2D eigenvalue weighted by Crippen LogP contribution is 1.85. The summed E-state index contributed by atoms with van der Waals surface area (Å²) in [4.78, 5) is 10.5. The summed E-state index contributed by atoms with van der Waals surface area (Å²) in [5, 5.41) is 0. The maximum atomic E-state index is 10.5. The number of carbonyl (C=O) groups is 1. The van der Waals surface area contributed by atoms with Crippen molar-refractivity contribution in [3.05, 3.63) is 0 Å². The molecule has 0 aromatic carbocycles.